The minimum Gasteiger partial charge on any atom is -0.489 e. The second-order valence-corrected chi connectivity index (χ2v) is 7.11. The zero-order chi connectivity index (χ0) is 13.6. The SMILES string of the molecule is CC(C)(C)c1cc(OC2CC2)cnc1S(N)(=O)=O. The van der Waals surface area contributed by atoms with Crippen LogP contribution in [0, 0.1) is 0 Å². The van der Waals surface area contributed by atoms with E-state index >= 15 is 0 Å². The number of sulfonamides is 1. The molecule has 5 nitrogen and oxygen atoms in total. The van der Waals surface area contributed by atoms with Crippen LogP contribution in [-0.4, -0.2) is 19.5 Å². The van der Waals surface area contributed by atoms with Crippen LogP contribution < -0.4 is 9.88 Å². The molecule has 0 amide bonds. The van der Waals surface area contributed by atoms with Gasteiger partial charge in [0.25, 0.3) is 10.0 Å². The molecule has 1 aliphatic carbocycles. The number of rotatable bonds is 3. The van der Waals surface area contributed by atoms with Gasteiger partial charge in [-0.15, -0.1) is 0 Å². The largest absolute Gasteiger partial charge is 0.489 e. The molecule has 0 aromatic carbocycles. The first-order chi connectivity index (χ1) is 8.18. The van der Waals surface area contributed by atoms with Crippen molar-refractivity contribution in [2.75, 3.05) is 0 Å². The molecule has 0 bridgehead atoms. The van der Waals surface area contributed by atoms with Gasteiger partial charge in [0.2, 0.25) is 0 Å². The van der Waals surface area contributed by atoms with E-state index in [-0.39, 0.29) is 16.5 Å². The maximum atomic E-state index is 11.5. The molecule has 1 aromatic heterocycles. The molecule has 1 fully saturated rings. The minimum absolute atomic E-state index is 0.0712. The molecule has 2 N–H and O–H groups in total. The Hall–Kier alpha value is -1.14. The van der Waals surface area contributed by atoms with E-state index < -0.39 is 10.0 Å². The Labute approximate surface area is 107 Å². The van der Waals surface area contributed by atoms with E-state index in [1.54, 1.807) is 6.07 Å². The third kappa shape index (κ3) is 3.00. The molecule has 100 valence electrons. The van der Waals surface area contributed by atoms with Gasteiger partial charge in [-0.05, 0) is 29.9 Å². The fraction of sp³-hybridized carbons (Fsp3) is 0.583. The molecule has 1 heterocycles. The molecule has 0 aliphatic heterocycles. The highest BCUT2D eigenvalue weighted by Crippen LogP contribution is 2.32. The number of nitrogens with two attached hydrogens (primary N) is 1. The summed E-state index contributed by atoms with van der Waals surface area (Å²) in [6.07, 6.45) is 3.76. The van der Waals surface area contributed by atoms with Crippen LogP contribution in [0.25, 0.3) is 0 Å². The van der Waals surface area contributed by atoms with Gasteiger partial charge >= 0.3 is 0 Å². The highest BCUT2D eigenvalue weighted by Gasteiger charge is 2.28. The summed E-state index contributed by atoms with van der Waals surface area (Å²) in [6, 6.07) is 1.73. The minimum atomic E-state index is -3.81. The Balaban J connectivity index is 2.47. The first kappa shape index (κ1) is 13.3. The lowest BCUT2D eigenvalue weighted by molar-refractivity contribution is 0.300. The van der Waals surface area contributed by atoms with Crippen LogP contribution in [-0.2, 0) is 15.4 Å². The number of pyridine rings is 1. The molecule has 18 heavy (non-hydrogen) atoms. The fourth-order valence-electron chi connectivity index (χ4n) is 1.64. The summed E-state index contributed by atoms with van der Waals surface area (Å²) in [5.41, 5.74) is 0.223. The molecule has 0 saturated heterocycles. The average Bonchev–Trinajstić information content (AvgIpc) is 2.98. The molecular weight excluding hydrogens is 252 g/mol. The van der Waals surface area contributed by atoms with Gasteiger partial charge in [0.1, 0.15) is 5.75 Å². The maximum absolute atomic E-state index is 11.5. The van der Waals surface area contributed by atoms with E-state index in [0.29, 0.717) is 11.3 Å². The van der Waals surface area contributed by atoms with Crippen molar-refractivity contribution in [3.63, 3.8) is 0 Å². The lowest BCUT2D eigenvalue weighted by Gasteiger charge is -2.22. The predicted molar refractivity (Wildman–Crippen MR) is 68.0 cm³/mol. The standard InChI is InChI=1S/C12H18N2O3S/c1-12(2,3)10-6-9(17-8-4-5-8)7-14-11(10)18(13,15)16/h6-8H,4-5H2,1-3H3,(H2,13,15,16). The molecule has 0 radical (unpaired) electrons. The Morgan fingerprint density at radius 2 is 2.00 bits per heavy atom. The van der Waals surface area contributed by atoms with Crippen LogP contribution in [0.5, 0.6) is 5.75 Å². The van der Waals surface area contributed by atoms with Crippen molar-refractivity contribution in [1.29, 1.82) is 0 Å². The molecule has 0 unspecified atom stereocenters. The van der Waals surface area contributed by atoms with Gasteiger partial charge in [-0.2, -0.15) is 0 Å². The molecule has 1 aromatic rings. The molecule has 1 aliphatic rings. The number of hydrogen-bond acceptors (Lipinski definition) is 4. The second-order valence-electron chi connectivity index (χ2n) is 5.64. The number of hydrogen-bond donors (Lipinski definition) is 1. The van der Waals surface area contributed by atoms with Crippen molar-refractivity contribution in [3.8, 4) is 5.75 Å². The van der Waals surface area contributed by atoms with Gasteiger partial charge in [-0.1, -0.05) is 20.8 Å². The maximum Gasteiger partial charge on any atom is 0.255 e. The van der Waals surface area contributed by atoms with Crippen LogP contribution in [0.1, 0.15) is 39.2 Å². The van der Waals surface area contributed by atoms with Crippen molar-refractivity contribution < 1.29 is 13.2 Å². The smallest absolute Gasteiger partial charge is 0.255 e. The Morgan fingerprint density at radius 1 is 1.39 bits per heavy atom. The summed E-state index contributed by atoms with van der Waals surface area (Å²) >= 11 is 0. The Bertz CT molecular complexity index is 557. The van der Waals surface area contributed by atoms with Crippen molar-refractivity contribution in [3.05, 3.63) is 17.8 Å². The monoisotopic (exact) mass is 270 g/mol. The van der Waals surface area contributed by atoms with Gasteiger partial charge in [0.15, 0.2) is 5.03 Å². The van der Waals surface area contributed by atoms with E-state index in [0.717, 1.165) is 12.8 Å². The van der Waals surface area contributed by atoms with Crippen molar-refractivity contribution in [1.82, 2.24) is 4.98 Å². The lowest BCUT2D eigenvalue weighted by Crippen LogP contribution is -2.22. The van der Waals surface area contributed by atoms with Crippen LogP contribution in [0.2, 0.25) is 0 Å². The highest BCUT2D eigenvalue weighted by atomic mass is 32.2. The molecule has 1 saturated carbocycles. The first-order valence-corrected chi connectivity index (χ1v) is 7.42. The third-order valence-corrected chi connectivity index (χ3v) is 3.60. The van der Waals surface area contributed by atoms with E-state index in [1.165, 1.54) is 6.20 Å². The summed E-state index contributed by atoms with van der Waals surface area (Å²) in [6.45, 7) is 5.75. The van der Waals surface area contributed by atoms with E-state index in [4.69, 9.17) is 9.88 Å². The number of primary sulfonamides is 1. The summed E-state index contributed by atoms with van der Waals surface area (Å²) < 4.78 is 28.7. The van der Waals surface area contributed by atoms with Gasteiger partial charge in [-0.3, -0.25) is 0 Å². The average molecular weight is 270 g/mol. The van der Waals surface area contributed by atoms with E-state index in [2.05, 4.69) is 4.98 Å². The van der Waals surface area contributed by atoms with Crippen LogP contribution >= 0.6 is 0 Å². The van der Waals surface area contributed by atoms with Crippen molar-refractivity contribution in [2.45, 2.75) is 50.2 Å². The molecular formula is C12H18N2O3S. The van der Waals surface area contributed by atoms with Gasteiger partial charge < -0.3 is 4.74 Å². The van der Waals surface area contributed by atoms with E-state index in [9.17, 15) is 8.42 Å². The lowest BCUT2D eigenvalue weighted by atomic mass is 9.88. The molecule has 6 heteroatoms. The van der Waals surface area contributed by atoms with Crippen LogP contribution in [0.4, 0.5) is 0 Å². The molecule has 2 rings (SSSR count). The summed E-state index contributed by atoms with van der Waals surface area (Å²) in [7, 11) is -3.81. The summed E-state index contributed by atoms with van der Waals surface area (Å²) in [5.74, 6) is 0.606. The normalized spacial score (nSPS) is 16.7. The quantitative estimate of drug-likeness (QED) is 0.903. The molecule has 0 atom stereocenters. The van der Waals surface area contributed by atoms with Crippen LogP contribution in [0.15, 0.2) is 17.3 Å². The number of aromatic nitrogens is 1. The zero-order valence-corrected chi connectivity index (χ0v) is 11.6. The van der Waals surface area contributed by atoms with Crippen LogP contribution in [0.3, 0.4) is 0 Å². The number of nitrogens with zero attached hydrogens (tertiary/aromatic N) is 1. The fourth-order valence-corrected chi connectivity index (χ4v) is 2.51. The Kier molecular flexibility index (Phi) is 3.11. The predicted octanol–water partition coefficient (Wildman–Crippen LogP) is 1.57. The topological polar surface area (TPSA) is 82.3 Å². The van der Waals surface area contributed by atoms with Gasteiger partial charge in [0, 0.05) is 0 Å². The summed E-state index contributed by atoms with van der Waals surface area (Å²) in [4.78, 5) is 3.96. The first-order valence-electron chi connectivity index (χ1n) is 5.88. The van der Waals surface area contributed by atoms with Crippen molar-refractivity contribution in [2.24, 2.45) is 5.14 Å². The van der Waals surface area contributed by atoms with Crippen molar-refractivity contribution >= 4 is 10.0 Å². The highest BCUT2D eigenvalue weighted by molar-refractivity contribution is 7.89. The van der Waals surface area contributed by atoms with E-state index in [1.807, 2.05) is 20.8 Å². The summed E-state index contributed by atoms with van der Waals surface area (Å²) in [5, 5.41) is 5.12. The van der Waals surface area contributed by atoms with Gasteiger partial charge in [-0.25, -0.2) is 18.5 Å². The second kappa shape index (κ2) is 4.20. The van der Waals surface area contributed by atoms with Gasteiger partial charge in [0.05, 0.1) is 12.3 Å². The third-order valence-electron chi connectivity index (χ3n) is 2.73. The molecule has 0 spiro atoms. The zero-order valence-electron chi connectivity index (χ0n) is 10.8. The Morgan fingerprint density at radius 3 is 2.44 bits per heavy atom. The number of ether oxygens (including phenoxy) is 1.